The summed E-state index contributed by atoms with van der Waals surface area (Å²) < 4.78 is 13.2. The third-order valence-electron chi connectivity index (χ3n) is 2.59. The van der Waals surface area contributed by atoms with E-state index in [4.69, 9.17) is 0 Å². The first-order valence-corrected chi connectivity index (χ1v) is 4.72. The number of rotatable bonds is 1. The van der Waals surface area contributed by atoms with E-state index in [2.05, 4.69) is 5.32 Å². The Morgan fingerprint density at radius 2 is 2.29 bits per heavy atom. The van der Waals surface area contributed by atoms with Crippen molar-refractivity contribution in [3.8, 4) is 0 Å². The second kappa shape index (κ2) is 3.40. The molecule has 0 bridgehead atoms. The molecule has 3 heteroatoms. The van der Waals surface area contributed by atoms with E-state index in [9.17, 15) is 9.18 Å². The molecule has 1 N–H and O–H groups in total. The van der Waals surface area contributed by atoms with Gasteiger partial charge in [-0.1, -0.05) is 12.1 Å². The predicted molar refractivity (Wildman–Crippen MR) is 51.3 cm³/mol. The summed E-state index contributed by atoms with van der Waals surface area (Å²) >= 11 is 0. The van der Waals surface area contributed by atoms with Crippen molar-refractivity contribution >= 4 is 5.91 Å². The number of carbonyl (C=O) groups is 1. The highest BCUT2D eigenvalue weighted by atomic mass is 19.1. The smallest absolute Gasteiger partial charge is 0.220 e. The lowest BCUT2D eigenvalue weighted by Crippen LogP contribution is -2.18. The lowest BCUT2D eigenvalue weighted by Gasteiger charge is -2.10. The van der Waals surface area contributed by atoms with Crippen LogP contribution < -0.4 is 5.32 Å². The fourth-order valence-corrected chi connectivity index (χ4v) is 1.69. The topological polar surface area (TPSA) is 29.1 Å². The van der Waals surface area contributed by atoms with Gasteiger partial charge < -0.3 is 5.32 Å². The van der Waals surface area contributed by atoms with Gasteiger partial charge in [0, 0.05) is 6.42 Å². The molecule has 0 unspecified atom stereocenters. The molecule has 1 heterocycles. The summed E-state index contributed by atoms with van der Waals surface area (Å²) in [5, 5.41) is 2.81. The van der Waals surface area contributed by atoms with E-state index < -0.39 is 0 Å². The molecular weight excluding hydrogens is 181 g/mol. The fourth-order valence-electron chi connectivity index (χ4n) is 1.69. The minimum Gasteiger partial charge on any atom is -0.349 e. The number of hydrogen-bond donors (Lipinski definition) is 1. The van der Waals surface area contributed by atoms with Gasteiger partial charge in [0.25, 0.3) is 0 Å². The summed E-state index contributed by atoms with van der Waals surface area (Å²) in [5.41, 5.74) is 1.50. The number of nitrogens with one attached hydrogen (secondary N) is 1. The summed E-state index contributed by atoms with van der Waals surface area (Å²) in [6.45, 7) is 1.73. The highest BCUT2D eigenvalue weighted by molar-refractivity contribution is 5.78. The van der Waals surface area contributed by atoms with Crippen LogP contribution in [-0.2, 0) is 4.79 Å². The number of hydrogen-bond acceptors (Lipinski definition) is 1. The highest BCUT2D eigenvalue weighted by Crippen LogP contribution is 2.24. The Hall–Kier alpha value is -1.38. The SMILES string of the molecule is Cc1ccc([C@@H]2CCC(=O)N2)cc1F. The van der Waals surface area contributed by atoms with Gasteiger partial charge in [-0.3, -0.25) is 4.79 Å². The quantitative estimate of drug-likeness (QED) is 0.727. The normalized spacial score (nSPS) is 21.0. The zero-order valence-electron chi connectivity index (χ0n) is 8.01. The Kier molecular flexibility index (Phi) is 2.23. The lowest BCUT2D eigenvalue weighted by atomic mass is 10.0. The van der Waals surface area contributed by atoms with Crippen LogP contribution in [0, 0.1) is 12.7 Å². The molecule has 0 radical (unpaired) electrons. The molecule has 1 aliphatic heterocycles. The van der Waals surface area contributed by atoms with Crippen LogP contribution in [0.4, 0.5) is 4.39 Å². The van der Waals surface area contributed by atoms with E-state index in [1.165, 1.54) is 6.07 Å². The first-order chi connectivity index (χ1) is 6.66. The lowest BCUT2D eigenvalue weighted by molar-refractivity contribution is -0.119. The predicted octanol–water partition coefficient (Wildman–Crippen LogP) is 2.09. The Labute approximate surface area is 82.1 Å². The van der Waals surface area contributed by atoms with Crippen molar-refractivity contribution in [1.29, 1.82) is 0 Å². The molecule has 1 aromatic carbocycles. The molecule has 74 valence electrons. The second-order valence-corrected chi connectivity index (χ2v) is 3.67. The first kappa shape index (κ1) is 9.19. The molecule has 0 spiro atoms. The van der Waals surface area contributed by atoms with Crippen molar-refractivity contribution in [2.45, 2.75) is 25.8 Å². The number of benzene rings is 1. The maximum absolute atomic E-state index is 13.2. The van der Waals surface area contributed by atoms with Gasteiger partial charge in [0.2, 0.25) is 5.91 Å². The zero-order chi connectivity index (χ0) is 10.1. The van der Waals surface area contributed by atoms with E-state index in [0.717, 1.165) is 12.0 Å². The van der Waals surface area contributed by atoms with Crippen LogP contribution >= 0.6 is 0 Å². The highest BCUT2D eigenvalue weighted by Gasteiger charge is 2.22. The van der Waals surface area contributed by atoms with Gasteiger partial charge in [0.15, 0.2) is 0 Å². The first-order valence-electron chi connectivity index (χ1n) is 4.72. The van der Waals surface area contributed by atoms with Crippen LogP contribution in [0.3, 0.4) is 0 Å². The fraction of sp³-hybridized carbons (Fsp3) is 0.364. The molecule has 1 aliphatic rings. The van der Waals surface area contributed by atoms with E-state index in [-0.39, 0.29) is 17.8 Å². The number of aryl methyl sites for hydroxylation is 1. The number of carbonyl (C=O) groups excluding carboxylic acids is 1. The van der Waals surface area contributed by atoms with Crippen LogP contribution in [0.5, 0.6) is 0 Å². The summed E-state index contributed by atoms with van der Waals surface area (Å²) in [7, 11) is 0. The molecule has 0 saturated carbocycles. The summed E-state index contributed by atoms with van der Waals surface area (Å²) in [6, 6.07) is 5.12. The van der Waals surface area contributed by atoms with Gasteiger partial charge in [0.1, 0.15) is 5.82 Å². The standard InChI is InChI=1S/C11H12FNO/c1-7-2-3-8(6-9(7)12)10-4-5-11(14)13-10/h2-3,6,10H,4-5H2,1H3,(H,13,14)/t10-/m0/s1. The van der Waals surface area contributed by atoms with Gasteiger partial charge >= 0.3 is 0 Å². The van der Waals surface area contributed by atoms with Crippen LogP contribution in [0.2, 0.25) is 0 Å². The molecular formula is C11H12FNO. The maximum Gasteiger partial charge on any atom is 0.220 e. The van der Waals surface area contributed by atoms with E-state index >= 15 is 0 Å². The van der Waals surface area contributed by atoms with Gasteiger partial charge in [-0.15, -0.1) is 0 Å². The van der Waals surface area contributed by atoms with E-state index in [0.29, 0.717) is 12.0 Å². The average molecular weight is 193 g/mol. The minimum atomic E-state index is -0.205. The molecule has 1 atom stereocenters. The van der Waals surface area contributed by atoms with Crippen molar-refractivity contribution in [2.24, 2.45) is 0 Å². The monoisotopic (exact) mass is 193 g/mol. The van der Waals surface area contributed by atoms with Crippen molar-refractivity contribution in [3.05, 3.63) is 35.1 Å². The number of amides is 1. The Morgan fingerprint density at radius 1 is 1.50 bits per heavy atom. The van der Waals surface area contributed by atoms with Crippen molar-refractivity contribution in [2.75, 3.05) is 0 Å². The Bertz CT molecular complexity index is 376. The molecule has 0 aromatic heterocycles. The molecule has 1 saturated heterocycles. The van der Waals surface area contributed by atoms with Crippen molar-refractivity contribution < 1.29 is 9.18 Å². The minimum absolute atomic E-state index is 0.00222. The van der Waals surface area contributed by atoms with E-state index in [1.54, 1.807) is 13.0 Å². The molecule has 1 aromatic rings. The van der Waals surface area contributed by atoms with Gasteiger partial charge in [0.05, 0.1) is 6.04 Å². The summed E-state index contributed by atoms with van der Waals surface area (Å²) in [4.78, 5) is 11.0. The van der Waals surface area contributed by atoms with Gasteiger partial charge in [-0.2, -0.15) is 0 Å². The van der Waals surface area contributed by atoms with Crippen molar-refractivity contribution in [1.82, 2.24) is 5.32 Å². The maximum atomic E-state index is 13.2. The van der Waals surface area contributed by atoms with Crippen molar-refractivity contribution in [3.63, 3.8) is 0 Å². The van der Waals surface area contributed by atoms with Gasteiger partial charge in [-0.25, -0.2) is 4.39 Å². The number of halogens is 1. The average Bonchev–Trinajstić information content (AvgIpc) is 2.57. The molecule has 0 aliphatic carbocycles. The molecule has 2 rings (SSSR count). The molecule has 14 heavy (non-hydrogen) atoms. The Morgan fingerprint density at radius 3 is 2.86 bits per heavy atom. The molecule has 2 nitrogen and oxygen atoms in total. The van der Waals surface area contributed by atoms with E-state index in [1.807, 2.05) is 6.07 Å². The molecule has 1 amide bonds. The summed E-state index contributed by atoms with van der Waals surface area (Å²) in [6.07, 6.45) is 1.31. The van der Waals surface area contributed by atoms with Gasteiger partial charge in [-0.05, 0) is 30.5 Å². The van der Waals surface area contributed by atoms with Crippen LogP contribution in [-0.4, -0.2) is 5.91 Å². The third-order valence-corrected chi connectivity index (χ3v) is 2.59. The van der Waals surface area contributed by atoms with Crippen LogP contribution in [0.15, 0.2) is 18.2 Å². The molecule has 1 fully saturated rings. The van der Waals surface area contributed by atoms with Crippen LogP contribution in [0.1, 0.15) is 30.0 Å². The third kappa shape index (κ3) is 1.62. The second-order valence-electron chi connectivity index (χ2n) is 3.67. The zero-order valence-corrected chi connectivity index (χ0v) is 8.01. The largest absolute Gasteiger partial charge is 0.349 e. The Balaban J connectivity index is 2.24. The summed E-state index contributed by atoms with van der Waals surface area (Å²) in [5.74, 6) is -0.153. The van der Waals surface area contributed by atoms with Crippen LogP contribution in [0.25, 0.3) is 0 Å².